The molecule has 1 aliphatic rings. The van der Waals surface area contributed by atoms with Crippen LogP contribution >= 0.6 is 22.6 Å². The maximum Gasteiger partial charge on any atom is 0.315 e. The molecule has 0 atom stereocenters. The quantitative estimate of drug-likeness (QED) is 0.478. The Balaban J connectivity index is 1.57. The van der Waals surface area contributed by atoms with E-state index in [1.165, 1.54) is 19.3 Å². The number of carbonyl (C=O) groups is 2. The van der Waals surface area contributed by atoms with Crippen molar-refractivity contribution in [2.75, 3.05) is 11.9 Å². The number of nitrogens with one attached hydrogen (secondary N) is 3. The van der Waals surface area contributed by atoms with Crippen LogP contribution in [0.25, 0.3) is 0 Å². The van der Waals surface area contributed by atoms with Gasteiger partial charge >= 0.3 is 6.03 Å². The number of amides is 3. The first-order valence-electron chi connectivity index (χ1n) is 8.23. The number of urea groups is 1. The van der Waals surface area contributed by atoms with E-state index in [1.807, 2.05) is 24.3 Å². The lowest BCUT2D eigenvalue weighted by Gasteiger charge is -2.22. The van der Waals surface area contributed by atoms with Crippen molar-refractivity contribution in [1.29, 1.82) is 0 Å². The largest absolute Gasteiger partial charge is 0.338 e. The van der Waals surface area contributed by atoms with Crippen LogP contribution in [0.5, 0.6) is 0 Å². The molecule has 0 aromatic heterocycles. The average molecular weight is 429 g/mol. The Bertz CT molecular complexity index is 530. The first-order valence-corrected chi connectivity index (χ1v) is 9.31. The molecule has 23 heavy (non-hydrogen) atoms. The fourth-order valence-electron chi connectivity index (χ4n) is 2.72. The monoisotopic (exact) mass is 429 g/mol. The highest BCUT2D eigenvalue weighted by Gasteiger charge is 2.15. The summed E-state index contributed by atoms with van der Waals surface area (Å²) in [6.45, 7) is 0.512. The molecule has 0 aliphatic heterocycles. The Morgan fingerprint density at radius 3 is 2.70 bits per heavy atom. The second-order valence-electron chi connectivity index (χ2n) is 5.90. The van der Waals surface area contributed by atoms with Crippen LogP contribution < -0.4 is 16.0 Å². The van der Waals surface area contributed by atoms with Crippen LogP contribution in [0.1, 0.15) is 44.9 Å². The number of hydrogen-bond donors (Lipinski definition) is 3. The molecule has 0 heterocycles. The molecule has 5 nitrogen and oxygen atoms in total. The van der Waals surface area contributed by atoms with E-state index < -0.39 is 0 Å². The zero-order valence-corrected chi connectivity index (χ0v) is 15.4. The molecule has 3 N–H and O–H groups in total. The fraction of sp³-hybridized carbons (Fsp3) is 0.529. The second kappa shape index (κ2) is 9.75. The van der Waals surface area contributed by atoms with Crippen molar-refractivity contribution < 1.29 is 9.59 Å². The van der Waals surface area contributed by atoms with Gasteiger partial charge in [0, 0.05) is 28.3 Å². The summed E-state index contributed by atoms with van der Waals surface area (Å²) in [5.41, 5.74) is 0.810. The van der Waals surface area contributed by atoms with Crippen LogP contribution in [-0.4, -0.2) is 24.5 Å². The highest BCUT2D eigenvalue weighted by Crippen LogP contribution is 2.17. The maximum atomic E-state index is 11.8. The first kappa shape index (κ1) is 18.0. The van der Waals surface area contributed by atoms with Crippen LogP contribution in [0, 0.1) is 3.57 Å². The highest BCUT2D eigenvalue weighted by atomic mass is 127. The lowest BCUT2D eigenvalue weighted by Crippen LogP contribution is -2.43. The van der Waals surface area contributed by atoms with E-state index in [-0.39, 0.29) is 11.9 Å². The molecular formula is C17H24IN3O2. The van der Waals surface area contributed by atoms with Gasteiger partial charge in [0.15, 0.2) is 0 Å². The van der Waals surface area contributed by atoms with Crippen molar-refractivity contribution in [3.05, 3.63) is 27.8 Å². The van der Waals surface area contributed by atoms with Gasteiger partial charge in [0.25, 0.3) is 0 Å². The van der Waals surface area contributed by atoms with Gasteiger partial charge in [0.05, 0.1) is 0 Å². The number of benzene rings is 1. The zero-order chi connectivity index (χ0) is 16.5. The molecule has 126 valence electrons. The van der Waals surface area contributed by atoms with Gasteiger partial charge in [-0.25, -0.2) is 4.79 Å². The Hall–Kier alpha value is -1.31. The van der Waals surface area contributed by atoms with E-state index in [4.69, 9.17) is 0 Å². The van der Waals surface area contributed by atoms with E-state index in [0.717, 1.165) is 22.1 Å². The van der Waals surface area contributed by atoms with Gasteiger partial charge in [0.2, 0.25) is 5.91 Å². The summed E-state index contributed by atoms with van der Waals surface area (Å²) in [4.78, 5) is 23.6. The molecule has 1 saturated carbocycles. The summed E-state index contributed by atoms with van der Waals surface area (Å²) >= 11 is 2.21. The lowest BCUT2D eigenvalue weighted by atomic mass is 9.96. The van der Waals surface area contributed by atoms with Crippen LogP contribution in [0.2, 0.25) is 0 Å². The molecule has 0 spiro atoms. The van der Waals surface area contributed by atoms with E-state index in [0.29, 0.717) is 25.4 Å². The normalized spacial score (nSPS) is 15.0. The summed E-state index contributed by atoms with van der Waals surface area (Å²) in [5, 5.41) is 8.69. The first-order chi connectivity index (χ1) is 11.1. The van der Waals surface area contributed by atoms with Crippen LogP contribution in [0.4, 0.5) is 10.5 Å². The van der Waals surface area contributed by atoms with Crippen LogP contribution in [0.15, 0.2) is 24.3 Å². The number of rotatable bonds is 6. The topological polar surface area (TPSA) is 70.2 Å². The predicted octanol–water partition coefficient (Wildman–Crippen LogP) is 3.64. The highest BCUT2D eigenvalue weighted by molar-refractivity contribution is 14.1. The number of anilines is 1. The number of carbonyl (C=O) groups excluding carboxylic acids is 2. The Kier molecular flexibility index (Phi) is 7.64. The van der Waals surface area contributed by atoms with E-state index >= 15 is 0 Å². The summed E-state index contributed by atoms with van der Waals surface area (Å²) in [5.74, 6) is -0.0264. The average Bonchev–Trinajstić information content (AvgIpc) is 2.52. The third-order valence-electron chi connectivity index (χ3n) is 3.91. The van der Waals surface area contributed by atoms with Gasteiger partial charge in [-0.2, -0.15) is 0 Å². The van der Waals surface area contributed by atoms with E-state index in [9.17, 15) is 9.59 Å². The van der Waals surface area contributed by atoms with E-state index in [1.54, 1.807) is 0 Å². The van der Waals surface area contributed by atoms with Gasteiger partial charge < -0.3 is 16.0 Å². The molecule has 1 aromatic rings. The van der Waals surface area contributed by atoms with Crippen molar-refractivity contribution in [2.45, 2.75) is 51.0 Å². The molecule has 2 rings (SSSR count). The van der Waals surface area contributed by atoms with E-state index in [2.05, 4.69) is 38.5 Å². The second-order valence-corrected chi connectivity index (χ2v) is 7.14. The molecule has 3 amide bonds. The Morgan fingerprint density at radius 1 is 1.17 bits per heavy atom. The Morgan fingerprint density at radius 2 is 1.96 bits per heavy atom. The Labute approximate surface area is 151 Å². The molecule has 0 unspecified atom stereocenters. The van der Waals surface area contributed by atoms with Gasteiger partial charge in [0.1, 0.15) is 0 Å². The van der Waals surface area contributed by atoms with Crippen molar-refractivity contribution in [1.82, 2.24) is 10.6 Å². The maximum absolute atomic E-state index is 11.8. The minimum Gasteiger partial charge on any atom is -0.338 e. The third kappa shape index (κ3) is 7.20. The van der Waals surface area contributed by atoms with Crippen molar-refractivity contribution in [2.24, 2.45) is 0 Å². The van der Waals surface area contributed by atoms with Crippen LogP contribution in [0.3, 0.4) is 0 Å². The zero-order valence-electron chi connectivity index (χ0n) is 13.2. The van der Waals surface area contributed by atoms with Crippen molar-refractivity contribution in [3.63, 3.8) is 0 Å². The van der Waals surface area contributed by atoms with Gasteiger partial charge in [-0.15, -0.1) is 0 Å². The number of hydrogen-bond acceptors (Lipinski definition) is 2. The fourth-order valence-corrected chi connectivity index (χ4v) is 3.27. The predicted molar refractivity (Wildman–Crippen MR) is 100 cm³/mol. The number of halogens is 1. The summed E-state index contributed by atoms with van der Waals surface area (Å²) in [6, 6.07) is 7.88. The summed E-state index contributed by atoms with van der Waals surface area (Å²) in [7, 11) is 0. The molecule has 6 heteroatoms. The summed E-state index contributed by atoms with van der Waals surface area (Å²) in [6.07, 6.45) is 6.85. The van der Waals surface area contributed by atoms with Gasteiger partial charge in [-0.05, 0) is 60.1 Å². The lowest BCUT2D eigenvalue weighted by molar-refractivity contribution is -0.116. The van der Waals surface area contributed by atoms with Crippen molar-refractivity contribution in [3.8, 4) is 0 Å². The third-order valence-corrected chi connectivity index (χ3v) is 4.59. The smallest absolute Gasteiger partial charge is 0.315 e. The SMILES string of the molecule is O=C(CCCNC(=O)NC1CCCCC1)Nc1cccc(I)c1. The van der Waals surface area contributed by atoms with Crippen molar-refractivity contribution >= 4 is 40.2 Å². The van der Waals surface area contributed by atoms with Crippen LogP contribution in [-0.2, 0) is 4.79 Å². The molecule has 0 radical (unpaired) electrons. The molecular weight excluding hydrogens is 405 g/mol. The standard InChI is InChI=1S/C17H24IN3O2/c18-13-6-4-9-15(12-13)20-16(22)10-5-11-19-17(23)21-14-7-2-1-3-8-14/h4,6,9,12,14H,1-3,5,7-8,10-11H2,(H,20,22)(H2,19,21,23). The molecule has 0 bridgehead atoms. The molecule has 1 aromatic carbocycles. The minimum atomic E-state index is -0.116. The summed E-state index contributed by atoms with van der Waals surface area (Å²) < 4.78 is 1.08. The minimum absolute atomic E-state index is 0.0264. The molecule has 1 fully saturated rings. The molecule has 0 saturated heterocycles. The molecule has 1 aliphatic carbocycles. The van der Waals surface area contributed by atoms with Gasteiger partial charge in [-0.1, -0.05) is 25.3 Å². The van der Waals surface area contributed by atoms with Gasteiger partial charge in [-0.3, -0.25) is 4.79 Å².